The van der Waals surface area contributed by atoms with Crippen molar-refractivity contribution in [3.63, 3.8) is 0 Å². The third-order valence-corrected chi connectivity index (χ3v) is 4.81. The lowest BCUT2D eigenvalue weighted by atomic mass is 9.93. The molecule has 0 spiro atoms. The molecule has 0 amide bonds. The van der Waals surface area contributed by atoms with Crippen molar-refractivity contribution in [2.75, 3.05) is 20.1 Å². The van der Waals surface area contributed by atoms with Gasteiger partial charge in [-0.3, -0.25) is 4.99 Å². The number of nitrogens with zero attached hydrogens (tertiary/aromatic N) is 2. The highest BCUT2D eigenvalue weighted by molar-refractivity contribution is 14.0. The number of hydrogen-bond acceptors (Lipinski definition) is 1. The molecule has 2 aliphatic rings. The minimum atomic E-state index is 0. The summed E-state index contributed by atoms with van der Waals surface area (Å²) in [7, 11) is 1.88. The summed E-state index contributed by atoms with van der Waals surface area (Å²) in [6.45, 7) is 6.83. The second-order valence-corrected chi connectivity index (χ2v) is 7.47. The van der Waals surface area contributed by atoms with Gasteiger partial charge in [0.05, 0.1) is 0 Å². The van der Waals surface area contributed by atoms with Crippen molar-refractivity contribution < 1.29 is 0 Å². The number of rotatable bonds is 2. The second kappa shape index (κ2) is 6.95. The summed E-state index contributed by atoms with van der Waals surface area (Å²) < 4.78 is 0. The van der Waals surface area contributed by atoms with Crippen molar-refractivity contribution in [1.29, 1.82) is 0 Å². The fraction of sp³-hybridized carbons (Fsp3) is 0.588. The van der Waals surface area contributed by atoms with E-state index < -0.39 is 0 Å². The Morgan fingerprint density at radius 2 is 2.18 bits per heavy atom. The number of guanidine groups is 1. The zero-order chi connectivity index (χ0) is 15.0. The second-order valence-electron chi connectivity index (χ2n) is 7.03. The van der Waals surface area contributed by atoms with Crippen molar-refractivity contribution in [3.05, 3.63) is 34.9 Å². The summed E-state index contributed by atoms with van der Waals surface area (Å²) in [5, 5.41) is 4.44. The van der Waals surface area contributed by atoms with Crippen molar-refractivity contribution in [2.24, 2.45) is 10.4 Å². The first-order chi connectivity index (χ1) is 9.98. The maximum absolute atomic E-state index is 6.08. The molecule has 0 radical (unpaired) electrons. The van der Waals surface area contributed by atoms with Gasteiger partial charge in [-0.1, -0.05) is 37.6 Å². The molecule has 1 saturated heterocycles. The molecule has 1 aliphatic heterocycles. The van der Waals surface area contributed by atoms with Crippen LogP contribution in [0.1, 0.15) is 38.2 Å². The van der Waals surface area contributed by atoms with Crippen LogP contribution in [0.2, 0.25) is 5.02 Å². The van der Waals surface area contributed by atoms with Crippen LogP contribution in [0.4, 0.5) is 0 Å². The molecule has 5 heteroatoms. The van der Waals surface area contributed by atoms with E-state index in [1.165, 1.54) is 12.0 Å². The number of benzene rings is 1. The summed E-state index contributed by atoms with van der Waals surface area (Å²) in [4.78, 5) is 6.85. The van der Waals surface area contributed by atoms with Crippen LogP contribution in [-0.4, -0.2) is 37.0 Å². The molecule has 1 heterocycles. The average molecular weight is 434 g/mol. The van der Waals surface area contributed by atoms with Gasteiger partial charge in [0.25, 0.3) is 0 Å². The van der Waals surface area contributed by atoms with Gasteiger partial charge in [-0.2, -0.15) is 0 Å². The molecule has 2 fully saturated rings. The molecular weight excluding hydrogens is 409 g/mol. The monoisotopic (exact) mass is 433 g/mol. The van der Waals surface area contributed by atoms with Crippen LogP contribution in [0, 0.1) is 5.41 Å². The maximum Gasteiger partial charge on any atom is 0.193 e. The summed E-state index contributed by atoms with van der Waals surface area (Å²) in [6, 6.07) is 8.70. The summed E-state index contributed by atoms with van der Waals surface area (Å²) >= 11 is 6.08. The molecule has 1 N–H and O–H groups in total. The molecule has 2 unspecified atom stereocenters. The van der Waals surface area contributed by atoms with Crippen LogP contribution in [0.3, 0.4) is 0 Å². The summed E-state index contributed by atoms with van der Waals surface area (Å²) in [5.41, 5.74) is 1.73. The third kappa shape index (κ3) is 4.07. The Bertz CT molecular complexity index is 559. The van der Waals surface area contributed by atoms with Crippen LogP contribution in [-0.2, 0) is 0 Å². The maximum atomic E-state index is 6.08. The van der Waals surface area contributed by atoms with E-state index in [1.54, 1.807) is 0 Å². The lowest BCUT2D eigenvalue weighted by molar-refractivity contribution is 0.370. The molecule has 1 aliphatic carbocycles. The molecule has 3 rings (SSSR count). The minimum Gasteiger partial charge on any atom is -0.353 e. The van der Waals surface area contributed by atoms with Gasteiger partial charge < -0.3 is 10.2 Å². The SMILES string of the molecule is CN=C(NC1CC1c1cccc(Cl)c1)N1CCC(C)(C)C1.I. The van der Waals surface area contributed by atoms with E-state index in [1.807, 2.05) is 19.2 Å². The summed E-state index contributed by atoms with van der Waals surface area (Å²) in [5.74, 6) is 1.62. The molecule has 3 nitrogen and oxygen atoms in total. The van der Waals surface area contributed by atoms with Gasteiger partial charge in [-0.15, -0.1) is 24.0 Å². The molecule has 0 aromatic heterocycles. The Labute approximate surface area is 155 Å². The number of hydrogen-bond donors (Lipinski definition) is 1. The van der Waals surface area contributed by atoms with Crippen molar-refractivity contribution in [1.82, 2.24) is 10.2 Å². The number of likely N-dealkylation sites (tertiary alicyclic amines) is 1. The third-order valence-electron chi connectivity index (χ3n) is 4.57. The van der Waals surface area contributed by atoms with Gasteiger partial charge in [0, 0.05) is 37.1 Å². The molecule has 122 valence electrons. The quantitative estimate of drug-likeness (QED) is 0.432. The van der Waals surface area contributed by atoms with Crippen molar-refractivity contribution in [3.8, 4) is 0 Å². The molecule has 1 saturated carbocycles. The van der Waals surface area contributed by atoms with E-state index in [4.69, 9.17) is 11.6 Å². The number of halogens is 2. The topological polar surface area (TPSA) is 27.6 Å². The Morgan fingerprint density at radius 3 is 2.77 bits per heavy atom. The highest BCUT2D eigenvalue weighted by Crippen LogP contribution is 2.41. The van der Waals surface area contributed by atoms with Gasteiger partial charge in [0.2, 0.25) is 0 Å². The lowest BCUT2D eigenvalue weighted by Gasteiger charge is -2.23. The first kappa shape index (κ1) is 17.9. The normalized spacial score (nSPS) is 26.5. The van der Waals surface area contributed by atoms with Crippen LogP contribution in [0.5, 0.6) is 0 Å². The Morgan fingerprint density at radius 1 is 1.41 bits per heavy atom. The first-order valence-corrected chi connectivity index (χ1v) is 8.10. The Kier molecular flexibility index (Phi) is 5.64. The smallest absolute Gasteiger partial charge is 0.193 e. The number of nitrogens with one attached hydrogen (secondary N) is 1. The minimum absolute atomic E-state index is 0. The van der Waals surface area contributed by atoms with E-state index >= 15 is 0 Å². The molecular formula is C17H25ClIN3. The van der Waals surface area contributed by atoms with E-state index in [9.17, 15) is 0 Å². The molecule has 22 heavy (non-hydrogen) atoms. The lowest BCUT2D eigenvalue weighted by Crippen LogP contribution is -2.42. The van der Waals surface area contributed by atoms with Crippen LogP contribution in [0.25, 0.3) is 0 Å². The molecule has 1 aromatic carbocycles. The van der Waals surface area contributed by atoms with Gasteiger partial charge >= 0.3 is 0 Å². The van der Waals surface area contributed by atoms with Gasteiger partial charge in [-0.25, -0.2) is 0 Å². The van der Waals surface area contributed by atoms with E-state index in [0.29, 0.717) is 17.4 Å². The summed E-state index contributed by atoms with van der Waals surface area (Å²) in [6.07, 6.45) is 2.40. The van der Waals surface area contributed by atoms with E-state index in [2.05, 4.69) is 41.2 Å². The fourth-order valence-corrected chi connectivity index (χ4v) is 3.42. The predicted octanol–water partition coefficient (Wildman–Crippen LogP) is 4.12. The van der Waals surface area contributed by atoms with Crippen LogP contribution in [0.15, 0.2) is 29.3 Å². The first-order valence-electron chi connectivity index (χ1n) is 7.72. The highest BCUT2D eigenvalue weighted by atomic mass is 127. The highest BCUT2D eigenvalue weighted by Gasteiger charge is 2.40. The standard InChI is InChI=1S/C17H24ClN3.HI/c1-17(2)7-8-21(11-17)16(19-3)20-15-10-14(15)12-5-4-6-13(18)9-12;/h4-6,9,14-15H,7-8,10-11H2,1-3H3,(H,19,20);1H. The largest absolute Gasteiger partial charge is 0.353 e. The zero-order valence-electron chi connectivity index (χ0n) is 13.5. The van der Waals surface area contributed by atoms with Crippen LogP contribution >= 0.6 is 35.6 Å². The fourth-order valence-electron chi connectivity index (χ4n) is 3.22. The van der Waals surface area contributed by atoms with Gasteiger partial charge in [0.1, 0.15) is 0 Å². The van der Waals surface area contributed by atoms with E-state index in [0.717, 1.165) is 30.5 Å². The zero-order valence-corrected chi connectivity index (χ0v) is 16.6. The van der Waals surface area contributed by atoms with Crippen molar-refractivity contribution >= 4 is 41.5 Å². The predicted molar refractivity (Wildman–Crippen MR) is 104 cm³/mol. The molecule has 2 atom stereocenters. The Hall–Kier alpha value is -0.490. The van der Waals surface area contributed by atoms with Crippen molar-refractivity contribution in [2.45, 2.75) is 38.6 Å². The van der Waals surface area contributed by atoms with Gasteiger partial charge in [0.15, 0.2) is 5.96 Å². The molecule has 1 aromatic rings. The number of aliphatic imine (C=N–C) groups is 1. The van der Waals surface area contributed by atoms with Crippen LogP contribution < -0.4 is 5.32 Å². The van der Waals surface area contributed by atoms with Gasteiger partial charge in [-0.05, 0) is 36.0 Å². The van der Waals surface area contributed by atoms with E-state index in [-0.39, 0.29) is 24.0 Å². The average Bonchev–Trinajstić information content (AvgIpc) is 3.12. The Balaban J connectivity index is 0.00000176. The molecule has 0 bridgehead atoms.